The largest absolute Gasteiger partial charge is 0.468 e. The fraction of sp³-hybridized carbons (Fsp3) is 0.214. The summed E-state index contributed by atoms with van der Waals surface area (Å²) in [6.07, 6.45) is -3.25. The number of aromatic nitrogens is 4. The van der Waals surface area contributed by atoms with Gasteiger partial charge in [0.25, 0.3) is 0 Å². The van der Waals surface area contributed by atoms with Crippen LogP contribution in [0.1, 0.15) is 5.56 Å². The van der Waals surface area contributed by atoms with Crippen LogP contribution in [0, 0.1) is 0 Å². The highest BCUT2D eigenvalue weighted by Crippen LogP contribution is 2.18. The van der Waals surface area contributed by atoms with E-state index in [-0.39, 0.29) is 17.3 Å². The van der Waals surface area contributed by atoms with Crippen molar-refractivity contribution in [2.24, 2.45) is 0 Å². The van der Waals surface area contributed by atoms with Gasteiger partial charge in [-0.3, -0.25) is 0 Å². The third-order valence-electron chi connectivity index (χ3n) is 3.25. The maximum atomic E-state index is 12.3. The molecular formula is C14H12F3N5O3S. The summed E-state index contributed by atoms with van der Waals surface area (Å²) in [4.78, 5) is 3.64. The molecular weight excluding hydrogens is 375 g/mol. The summed E-state index contributed by atoms with van der Waals surface area (Å²) >= 11 is 0. The Morgan fingerprint density at radius 1 is 1.12 bits per heavy atom. The Morgan fingerprint density at radius 3 is 2.65 bits per heavy atom. The minimum Gasteiger partial charge on any atom is -0.468 e. The fourth-order valence-corrected chi connectivity index (χ4v) is 3.08. The van der Waals surface area contributed by atoms with E-state index in [9.17, 15) is 21.6 Å². The summed E-state index contributed by atoms with van der Waals surface area (Å²) in [6.45, 7) is -1.63. The van der Waals surface area contributed by atoms with Crippen molar-refractivity contribution in [3.8, 4) is 5.88 Å². The maximum Gasteiger partial charge on any atom is 0.422 e. The molecule has 0 unspecified atom stereocenters. The number of hydrogen-bond acceptors (Lipinski definition) is 6. The first-order valence-electron chi connectivity index (χ1n) is 7.18. The van der Waals surface area contributed by atoms with Gasteiger partial charge in [-0.05, 0) is 29.8 Å². The molecule has 2 aromatic heterocycles. The Hall–Kier alpha value is -2.73. The number of hydrogen-bond donors (Lipinski definition) is 2. The standard InChI is InChI=1S/C14H12F3N5O3S/c15-14(16,17)8-25-13-5-9(3-4-18-13)7-19-26(23,24)10-1-2-11-12(6-10)21-22-20-11/h1-6,19H,7-8H2,(H,20,21,22). The topological polar surface area (TPSA) is 110 Å². The van der Waals surface area contributed by atoms with Crippen LogP contribution >= 0.6 is 0 Å². The van der Waals surface area contributed by atoms with Gasteiger partial charge in [0.05, 0.1) is 4.90 Å². The molecule has 1 aromatic carbocycles. The number of benzene rings is 1. The smallest absolute Gasteiger partial charge is 0.422 e. The number of pyridine rings is 1. The third-order valence-corrected chi connectivity index (χ3v) is 4.65. The van der Waals surface area contributed by atoms with Crippen molar-refractivity contribution < 1.29 is 26.3 Å². The number of rotatable bonds is 6. The molecule has 2 heterocycles. The monoisotopic (exact) mass is 387 g/mol. The van der Waals surface area contributed by atoms with Crippen LogP contribution in [0.15, 0.2) is 41.4 Å². The minimum atomic E-state index is -4.49. The van der Waals surface area contributed by atoms with E-state index in [0.717, 1.165) is 0 Å². The summed E-state index contributed by atoms with van der Waals surface area (Å²) in [5.41, 5.74) is 1.30. The van der Waals surface area contributed by atoms with Gasteiger partial charge in [0, 0.05) is 18.8 Å². The highest BCUT2D eigenvalue weighted by molar-refractivity contribution is 7.89. The zero-order valence-corrected chi connectivity index (χ0v) is 13.8. The second kappa shape index (κ2) is 6.88. The highest BCUT2D eigenvalue weighted by atomic mass is 32.2. The fourth-order valence-electron chi connectivity index (χ4n) is 2.04. The Balaban J connectivity index is 1.69. The van der Waals surface area contributed by atoms with Crippen molar-refractivity contribution in [2.75, 3.05) is 6.61 Å². The molecule has 0 bridgehead atoms. The lowest BCUT2D eigenvalue weighted by Gasteiger charge is -2.10. The number of nitrogens with zero attached hydrogens (tertiary/aromatic N) is 3. The van der Waals surface area contributed by atoms with Gasteiger partial charge in [0.2, 0.25) is 15.9 Å². The van der Waals surface area contributed by atoms with Crippen LogP contribution < -0.4 is 9.46 Å². The van der Waals surface area contributed by atoms with Crippen molar-refractivity contribution in [2.45, 2.75) is 17.6 Å². The third kappa shape index (κ3) is 4.46. The normalized spacial score (nSPS) is 12.4. The van der Waals surface area contributed by atoms with Gasteiger partial charge in [-0.1, -0.05) is 0 Å². The lowest BCUT2D eigenvalue weighted by atomic mass is 10.3. The zero-order chi connectivity index (χ0) is 18.8. The molecule has 0 aliphatic heterocycles. The Morgan fingerprint density at radius 2 is 1.88 bits per heavy atom. The van der Waals surface area contributed by atoms with Gasteiger partial charge in [-0.25, -0.2) is 18.1 Å². The van der Waals surface area contributed by atoms with E-state index in [1.165, 1.54) is 36.5 Å². The average molecular weight is 387 g/mol. The Kier molecular flexibility index (Phi) is 4.78. The molecule has 12 heteroatoms. The summed E-state index contributed by atoms with van der Waals surface area (Å²) in [5, 5.41) is 10.0. The minimum absolute atomic E-state index is 0.0125. The second-order valence-corrected chi connectivity index (χ2v) is 6.97. The predicted octanol–water partition coefficient (Wildman–Crippen LogP) is 1.77. The van der Waals surface area contributed by atoms with Crippen molar-refractivity contribution in [3.05, 3.63) is 42.1 Å². The first-order valence-corrected chi connectivity index (χ1v) is 8.66. The van der Waals surface area contributed by atoms with E-state index in [1.807, 2.05) is 0 Å². The highest BCUT2D eigenvalue weighted by Gasteiger charge is 2.28. The second-order valence-electron chi connectivity index (χ2n) is 5.20. The number of alkyl halides is 3. The van der Waals surface area contributed by atoms with Crippen LogP contribution in [0.3, 0.4) is 0 Å². The first kappa shape index (κ1) is 18.1. The quantitative estimate of drug-likeness (QED) is 0.667. The summed E-state index contributed by atoms with van der Waals surface area (Å²) in [5.74, 6) is -0.247. The van der Waals surface area contributed by atoms with Gasteiger partial charge in [-0.15, -0.1) is 0 Å². The molecule has 0 radical (unpaired) electrons. The van der Waals surface area contributed by atoms with E-state index in [2.05, 4.69) is 29.9 Å². The first-order chi connectivity index (χ1) is 12.2. The SMILES string of the molecule is O=S(=O)(NCc1ccnc(OCC(F)(F)F)c1)c1ccc2n[nH]nc2c1. The van der Waals surface area contributed by atoms with Gasteiger partial charge < -0.3 is 4.74 Å². The number of ether oxygens (including phenoxy) is 1. The number of aromatic amines is 1. The van der Waals surface area contributed by atoms with Crippen molar-refractivity contribution >= 4 is 21.1 Å². The van der Waals surface area contributed by atoms with E-state index in [1.54, 1.807) is 0 Å². The van der Waals surface area contributed by atoms with Gasteiger partial charge in [-0.2, -0.15) is 28.6 Å². The number of halogens is 3. The molecule has 138 valence electrons. The lowest BCUT2D eigenvalue weighted by Crippen LogP contribution is -2.23. The Bertz CT molecular complexity index is 1020. The summed E-state index contributed by atoms with van der Waals surface area (Å²) in [7, 11) is -3.85. The molecule has 0 aliphatic carbocycles. The van der Waals surface area contributed by atoms with Crippen molar-refractivity contribution in [1.29, 1.82) is 0 Å². The van der Waals surface area contributed by atoms with E-state index >= 15 is 0 Å². The molecule has 0 fully saturated rings. The Labute approximate surface area is 145 Å². The van der Waals surface area contributed by atoms with Crippen LogP contribution in [0.25, 0.3) is 11.0 Å². The zero-order valence-electron chi connectivity index (χ0n) is 13.0. The molecule has 0 aliphatic rings. The maximum absolute atomic E-state index is 12.3. The molecule has 0 saturated heterocycles. The molecule has 0 saturated carbocycles. The molecule has 0 amide bonds. The van der Waals surface area contributed by atoms with Crippen LogP contribution in [0.2, 0.25) is 0 Å². The van der Waals surface area contributed by atoms with Crippen LogP contribution in [0.4, 0.5) is 13.2 Å². The summed E-state index contributed by atoms with van der Waals surface area (Å²) < 4.78 is 68.1. The van der Waals surface area contributed by atoms with E-state index in [0.29, 0.717) is 16.6 Å². The molecule has 3 rings (SSSR count). The lowest BCUT2D eigenvalue weighted by molar-refractivity contribution is -0.154. The number of H-pyrrole nitrogens is 1. The number of sulfonamides is 1. The molecule has 0 spiro atoms. The van der Waals surface area contributed by atoms with Crippen LogP contribution in [-0.2, 0) is 16.6 Å². The van der Waals surface area contributed by atoms with Crippen LogP contribution in [-0.4, -0.2) is 41.6 Å². The molecule has 8 nitrogen and oxygen atoms in total. The number of nitrogens with one attached hydrogen (secondary N) is 2. The number of fused-ring (bicyclic) bond motifs is 1. The molecule has 26 heavy (non-hydrogen) atoms. The van der Waals surface area contributed by atoms with Crippen LogP contribution in [0.5, 0.6) is 5.88 Å². The predicted molar refractivity (Wildman–Crippen MR) is 83.7 cm³/mol. The molecule has 0 atom stereocenters. The average Bonchev–Trinajstić information content (AvgIpc) is 3.06. The van der Waals surface area contributed by atoms with Gasteiger partial charge in [0.1, 0.15) is 11.0 Å². The summed E-state index contributed by atoms with van der Waals surface area (Å²) in [6, 6.07) is 6.92. The van der Waals surface area contributed by atoms with Gasteiger partial charge >= 0.3 is 6.18 Å². The molecule has 2 N–H and O–H groups in total. The van der Waals surface area contributed by atoms with Crippen molar-refractivity contribution in [3.63, 3.8) is 0 Å². The van der Waals surface area contributed by atoms with Crippen molar-refractivity contribution in [1.82, 2.24) is 25.1 Å². The van der Waals surface area contributed by atoms with E-state index in [4.69, 9.17) is 0 Å². The van der Waals surface area contributed by atoms with E-state index < -0.39 is 22.8 Å². The van der Waals surface area contributed by atoms with Gasteiger partial charge in [0.15, 0.2) is 6.61 Å². The molecule has 3 aromatic rings.